The molecule has 0 atom stereocenters. The minimum atomic E-state index is -0.329. The maximum absolute atomic E-state index is 11.6. The van der Waals surface area contributed by atoms with E-state index in [9.17, 15) is 4.79 Å². The van der Waals surface area contributed by atoms with E-state index in [2.05, 4.69) is 4.90 Å². The zero-order chi connectivity index (χ0) is 13.1. The van der Waals surface area contributed by atoms with E-state index in [-0.39, 0.29) is 5.97 Å². The Morgan fingerprint density at radius 2 is 1.94 bits per heavy atom. The number of carbonyl (C=O) groups is 1. The Balaban J connectivity index is 2.33. The lowest BCUT2D eigenvalue weighted by Crippen LogP contribution is -2.30. The van der Waals surface area contributed by atoms with Crippen LogP contribution in [-0.4, -0.2) is 26.2 Å². The predicted octanol–water partition coefficient (Wildman–Crippen LogP) is 2.35. The minimum absolute atomic E-state index is 0.329. The molecule has 0 radical (unpaired) electrons. The number of methoxy groups -OCH3 is 1. The Hall–Kier alpha value is -1.71. The summed E-state index contributed by atoms with van der Waals surface area (Å²) in [7, 11) is 1.39. The summed E-state index contributed by atoms with van der Waals surface area (Å²) in [5.41, 5.74) is 9.23. The van der Waals surface area contributed by atoms with Gasteiger partial charge in [0, 0.05) is 13.1 Å². The van der Waals surface area contributed by atoms with Crippen LogP contribution >= 0.6 is 0 Å². The van der Waals surface area contributed by atoms with Crippen molar-refractivity contribution in [3.8, 4) is 0 Å². The summed E-state index contributed by atoms with van der Waals surface area (Å²) in [6.07, 6.45) is 3.70. The van der Waals surface area contributed by atoms with Gasteiger partial charge in [-0.25, -0.2) is 4.79 Å². The summed E-state index contributed by atoms with van der Waals surface area (Å²) >= 11 is 0. The molecule has 0 amide bonds. The van der Waals surface area contributed by atoms with Crippen molar-refractivity contribution in [1.29, 1.82) is 0 Å². The van der Waals surface area contributed by atoms with E-state index in [0.29, 0.717) is 11.3 Å². The molecule has 1 fully saturated rings. The fraction of sp³-hybridized carbons (Fsp3) is 0.500. The first-order valence-electron chi connectivity index (χ1n) is 6.37. The van der Waals surface area contributed by atoms with Crippen LogP contribution in [0.25, 0.3) is 0 Å². The van der Waals surface area contributed by atoms with Crippen LogP contribution in [0.15, 0.2) is 12.1 Å². The molecule has 0 aliphatic carbocycles. The number of anilines is 2. The van der Waals surface area contributed by atoms with Crippen molar-refractivity contribution in [2.45, 2.75) is 26.2 Å². The molecule has 98 valence electrons. The lowest BCUT2D eigenvalue weighted by atomic mass is 10.0. The van der Waals surface area contributed by atoms with E-state index < -0.39 is 0 Å². The highest BCUT2D eigenvalue weighted by atomic mass is 16.5. The smallest absolute Gasteiger partial charge is 0.338 e. The summed E-state index contributed by atoms with van der Waals surface area (Å²) in [5.74, 6) is -0.329. The highest BCUT2D eigenvalue weighted by Crippen LogP contribution is 2.29. The standard InChI is InChI=1S/C14H20N2O2/c1-10-8-13(16-6-4-3-5-7-16)12(15)9-11(10)14(17)18-2/h8-9H,3-7,15H2,1-2H3. The highest BCUT2D eigenvalue weighted by Gasteiger charge is 2.17. The van der Waals surface area contributed by atoms with Gasteiger partial charge in [-0.3, -0.25) is 0 Å². The zero-order valence-corrected chi connectivity index (χ0v) is 11.0. The molecule has 4 nitrogen and oxygen atoms in total. The van der Waals surface area contributed by atoms with Crippen molar-refractivity contribution in [2.75, 3.05) is 30.8 Å². The van der Waals surface area contributed by atoms with Crippen molar-refractivity contribution in [2.24, 2.45) is 0 Å². The van der Waals surface area contributed by atoms with E-state index in [1.165, 1.54) is 26.4 Å². The molecule has 0 aromatic heterocycles. The molecule has 1 aliphatic rings. The lowest BCUT2D eigenvalue weighted by Gasteiger charge is -2.30. The summed E-state index contributed by atoms with van der Waals surface area (Å²) in [5, 5.41) is 0. The first-order chi connectivity index (χ1) is 8.63. The highest BCUT2D eigenvalue weighted by molar-refractivity contribution is 5.93. The maximum atomic E-state index is 11.6. The number of aryl methyl sites for hydroxylation is 1. The predicted molar refractivity (Wildman–Crippen MR) is 73.0 cm³/mol. The van der Waals surface area contributed by atoms with Gasteiger partial charge in [-0.15, -0.1) is 0 Å². The number of esters is 1. The molecule has 2 N–H and O–H groups in total. The first-order valence-corrected chi connectivity index (χ1v) is 6.37. The first kappa shape index (κ1) is 12.7. The third-order valence-corrected chi connectivity index (χ3v) is 3.48. The number of piperidine rings is 1. The second-order valence-corrected chi connectivity index (χ2v) is 4.77. The van der Waals surface area contributed by atoms with Crippen molar-refractivity contribution in [3.63, 3.8) is 0 Å². The fourth-order valence-electron chi connectivity index (χ4n) is 2.45. The maximum Gasteiger partial charge on any atom is 0.338 e. The number of carbonyl (C=O) groups excluding carboxylic acids is 1. The molecule has 1 aromatic carbocycles. The second kappa shape index (κ2) is 5.29. The lowest BCUT2D eigenvalue weighted by molar-refractivity contribution is 0.0600. The molecule has 18 heavy (non-hydrogen) atoms. The van der Waals surface area contributed by atoms with Crippen molar-refractivity contribution in [3.05, 3.63) is 23.3 Å². The molecule has 0 unspecified atom stereocenters. The number of benzene rings is 1. The Labute approximate surface area is 108 Å². The number of rotatable bonds is 2. The molecule has 1 aromatic rings. The number of hydrogen-bond acceptors (Lipinski definition) is 4. The van der Waals surface area contributed by atoms with Crippen LogP contribution in [0.5, 0.6) is 0 Å². The van der Waals surface area contributed by atoms with Crippen LogP contribution in [0, 0.1) is 6.92 Å². The molecule has 1 heterocycles. The summed E-state index contributed by atoms with van der Waals surface area (Å²) in [6.45, 7) is 4.00. The van der Waals surface area contributed by atoms with Crippen LogP contribution in [0.4, 0.5) is 11.4 Å². The Morgan fingerprint density at radius 1 is 1.28 bits per heavy atom. The molecule has 1 aliphatic heterocycles. The topological polar surface area (TPSA) is 55.6 Å². The summed E-state index contributed by atoms with van der Waals surface area (Å²) in [6, 6.07) is 3.72. The monoisotopic (exact) mass is 248 g/mol. The number of nitrogens with two attached hydrogens (primary N) is 1. The largest absolute Gasteiger partial charge is 0.465 e. The van der Waals surface area contributed by atoms with Crippen LogP contribution in [0.1, 0.15) is 35.2 Å². The van der Waals surface area contributed by atoms with E-state index in [1.54, 1.807) is 6.07 Å². The SMILES string of the molecule is COC(=O)c1cc(N)c(N2CCCCC2)cc1C. The Kier molecular flexibility index (Phi) is 3.75. The van der Waals surface area contributed by atoms with Gasteiger partial charge in [0.15, 0.2) is 0 Å². The molecular formula is C14H20N2O2. The molecule has 4 heteroatoms. The second-order valence-electron chi connectivity index (χ2n) is 4.77. The van der Waals surface area contributed by atoms with Gasteiger partial charge in [0.2, 0.25) is 0 Å². The van der Waals surface area contributed by atoms with Crippen LogP contribution in [0.2, 0.25) is 0 Å². The van der Waals surface area contributed by atoms with Gasteiger partial charge >= 0.3 is 5.97 Å². The Bertz CT molecular complexity index is 451. The number of ether oxygens (including phenoxy) is 1. The average Bonchev–Trinajstić information content (AvgIpc) is 2.41. The normalized spacial score (nSPS) is 15.6. The van der Waals surface area contributed by atoms with Crippen LogP contribution in [-0.2, 0) is 4.74 Å². The van der Waals surface area contributed by atoms with Crippen LogP contribution in [0.3, 0.4) is 0 Å². The number of nitrogen functional groups attached to an aromatic ring is 1. The van der Waals surface area contributed by atoms with E-state index in [0.717, 1.165) is 24.3 Å². The molecule has 0 saturated carbocycles. The average molecular weight is 248 g/mol. The zero-order valence-electron chi connectivity index (χ0n) is 11.0. The van der Waals surface area contributed by atoms with E-state index >= 15 is 0 Å². The van der Waals surface area contributed by atoms with Crippen molar-refractivity contribution in [1.82, 2.24) is 0 Å². The third kappa shape index (κ3) is 2.42. The summed E-state index contributed by atoms with van der Waals surface area (Å²) in [4.78, 5) is 13.9. The van der Waals surface area contributed by atoms with Crippen LogP contribution < -0.4 is 10.6 Å². The van der Waals surface area contributed by atoms with Gasteiger partial charge in [0.1, 0.15) is 0 Å². The van der Waals surface area contributed by atoms with Gasteiger partial charge < -0.3 is 15.4 Å². The molecule has 1 saturated heterocycles. The number of hydrogen-bond donors (Lipinski definition) is 1. The molecule has 0 bridgehead atoms. The van der Waals surface area contributed by atoms with Gasteiger partial charge in [-0.05, 0) is 43.9 Å². The quantitative estimate of drug-likeness (QED) is 0.645. The Morgan fingerprint density at radius 3 is 2.56 bits per heavy atom. The minimum Gasteiger partial charge on any atom is -0.465 e. The summed E-state index contributed by atoms with van der Waals surface area (Å²) < 4.78 is 4.75. The van der Waals surface area contributed by atoms with E-state index in [4.69, 9.17) is 10.5 Å². The van der Waals surface area contributed by atoms with Gasteiger partial charge in [0.05, 0.1) is 24.0 Å². The van der Waals surface area contributed by atoms with Gasteiger partial charge in [-0.2, -0.15) is 0 Å². The van der Waals surface area contributed by atoms with Crippen molar-refractivity contribution >= 4 is 17.3 Å². The third-order valence-electron chi connectivity index (χ3n) is 3.48. The molecular weight excluding hydrogens is 228 g/mol. The van der Waals surface area contributed by atoms with Crippen molar-refractivity contribution < 1.29 is 9.53 Å². The fourth-order valence-corrected chi connectivity index (χ4v) is 2.45. The van der Waals surface area contributed by atoms with E-state index in [1.807, 2.05) is 13.0 Å². The van der Waals surface area contributed by atoms with Gasteiger partial charge in [-0.1, -0.05) is 0 Å². The number of nitrogens with zero attached hydrogens (tertiary/aromatic N) is 1. The molecule has 2 rings (SSSR count). The molecule has 0 spiro atoms. The van der Waals surface area contributed by atoms with Gasteiger partial charge in [0.25, 0.3) is 0 Å².